The number of hydrogen-bond acceptors (Lipinski definition) is 4. The van der Waals surface area contributed by atoms with Gasteiger partial charge in [0.15, 0.2) is 11.5 Å². The highest BCUT2D eigenvalue weighted by Gasteiger charge is 2.13. The maximum absolute atomic E-state index is 12.2. The molecule has 5 nitrogen and oxygen atoms in total. The zero-order valence-electron chi connectivity index (χ0n) is 14.7. The highest BCUT2D eigenvalue weighted by molar-refractivity contribution is 5.85. The Morgan fingerprint density at radius 1 is 1.12 bits per heavy atom. The van der Waals surface area contributed by atoms with Gasteiger partial charge in [-0.3, -0.25) is 4.79 Å². The number of nitrogen functional groups attached to an aromatic ring is 1. The van der Waals surface area contributed by atoms with E-state index in [2.05, 4.69) is 5.32 Å². The van der Waals surface area contributed by atoms with Crippen molar-refractivity contribution in [1.82, 2.24) is 5.32 Å². The summed E-state index contributed by atoms with van der Waals surface area (Å²) in [6, 6.07) is 13.1. The number of carbonyl (C=O) groups is 1. The molecule has 0 saturated carbocycles. The van der Waals surface area contributed by atoms with Crippen LogP contribution in [0.25, 0.3) is 0 Å². The number of nitrogens with two attached hydrogens (primary N) is 1. The van der Waals surface area contributed by atoms with Gasteiger partial charge in [-0.2, -0.15) is 0 Å². The Morgan fingerprint density at radius 2 is 1.80 bits per heavy atom. The molecule has 2 aromatic rings. The van der Waals surface area contributed by atoms with Crippen LogP contribution in [-0.2, 0) is 11.2 Å². The maximum atomic E-state index is 12.2. The summed E-state index contributed by atoms with van der Waals surface area (Å²) in [6.07, 6.45) is 1.02. The number of anilines is 1. The molecule has 0 fully saturated rings. The molecule has 2 rings (SSSR count). The first kappa shape index (κ1) is 20.6. The molecule has 1 unspecified atom stereocenters. The van der Waals surface area contributed by atoms with Crippen molar-refractivity contribution in [2.24, 2.45) is 0 Å². The number of carbonyl (C=O) groups excluding carboxylic acids is 1. The lowest BCUT2D eigenvalue weighted by Crippen LogP contribution is -2.26. The first-order valence-electron chi connectivity index (χ1n) is 7.89. The van der Waals surface area contributed by atoms with Crippen LogP contribution in [0.4, 0.5) is 5.69 Å². The molecule has 0 radical (unpaired) electrons. The monoisotopic (exact) mass is 364 g/mol. The SMILES string of the molecule is COc1ccc(C(C)NC(=O)CCc2ccccc2N)cc1OC.Cl. The second-order valence-electron chi connectivity index (χ2n) is 5.60. The van der Waals surface area contributed by atoms with Crippen LogP contribution in [-0.4, -0.2) is 20.1 Å². The van der Waals surface area contributed by atoms with Crippen molar-refractivity contribution in [2.75, 3.05) is 20.0 Å². The molecule has 136 valence electrons. The van der Waals surface area contributed by atoms with Gasteiger partial charge < -0.3 is 20.5 Å². The number of rotatable bonds is 7. The standard InChI is InChI=1S/C19H24N2O3.ClH/c1-13(15-8-10-17(23-2)18(12-15)24-3)21-19(22)11-9-14-6-4-5-7-16(14)20;/h4-8,10,12-13H,9,11,20H2,1-3H3,(H,21,22);1H. The minimum absolute atomic E-state index is 0. The molecule has 0 saturated heterocycles. The predicted octanol–water partition coefficient (Wildman–Crippen LogP) is 3.52. The van der Waals surface area contributed by atoms with Crippen molar-refractivity contribution in [2.45, 2.75) is 25.8 Å². The molecule has 2 aromatic carbocycles. The van der Waals surface area contributed by atoms with Crippen LogP contribution in [0.15, 0.2) is 42.5 Å². The number of amides is 1. The van der Waals surface area contributed by atoms with Crippen LogP contribution in [0.3, 0.4) is 0 Å². The number of methoxy groups -OCH3 is 2. The Bertz CT molecular complexity index is 707. The van der Waals surface area contributed by atoms with Gasteiger partial charge in [0.25, 0.3) is 0 Å². The topological polar surface area (TPSA) is 73.6 Å². The fourth-order valence-electron chi connectivity index (χ4n) is 2.53. The zero-order valence-corrected chi connectivity index (χ0v) is 15.6. The first-order chi connectivity index (χ1) is 11.5. The molecule has 0 aromatic heterocycles. The molecular formula is C19H25ClN2O3. The summed E-state index contributed by atoms with van der Waals surface area (Å²) in [4.78, 5) is 12.2. The molecule has 0 spiro atoms. The van der Waals surface area contributed by atoms with E-state index in [1.807, 2.05) is 49.4 Å². The molecule has 1 amide bonds. The Hall–Kier alpha value is -2.40. The summed E-state index contributed by atoms with van der Waals surface area (Å²) < 4.78 is 10.5. The summed E-state index contributed by atoms with van der Waals surface area (Å²) in [6.45, 7) is 1.94. The average molecular weight is 365 g/mol. The molecular weight excluding hydrogens is 340 g/mol. The lowest BCUT2D eigenvalue weighted by molar-refractivity contribution is -0.121. The molecule has 3 N–H and O–H groups in total. The Balaban J connectivity index is 0.00000312. The number of hydrogen-bond donors (Lipinski definition) is 2. The molecule has 6 heteroatoms. The quantitative estimate of drug-likeness (QED) is 0.737. The molecule has 0 aliphatic heterocycles. The molecule has 0 heterocycles. The highest BCUT2D eigenvalue weighted by Crippen LogP contribution is 2.29. The van der Waals surface area contributed by atoms with Gasteiger partial charge in [-0.05, 0) is 42.7 Å². The minimum Gasteiger partial charge on any atom is -0.493 e. The maximum Gasteiger partial charge on any atom is 0.220 e. The van der Waals surface area contributed by atoms with Crippen molar-refractivity contribution in [3.8, 4) is 11.5 Å². The molecule has 0 bridgehead atoms. The van der Waals surface area contributed by atoms with Gasteiger partial charge in [0.2, 0.25) is 5.91 Å². The predicted molar refractivity (Wildman–Crippen MR) is 103 cm³/mol. The number of nitrogens with one attached hydrogen (secondary N) is 1. The lowest BCUT2D eigenvalue weighted by Gasteiger charge is -2.16. The minimum atomic E-state index is -0.120. The number of halogens is 1. The van der Waals surface area contributed by atoms with Crippen molar-refractivity contribution >= 4 is 24.0 Å². The summed E-state index contributed by atoms with van der Waals surface area (Å²) in [5.41, 5.74) is 8.57. The van der Waals surface area contributed by atoms with E-state index >= 15 is 0 Å². The second kappa shape index (κ2) is 9.79. The van der Waals surface area contributed by atoms with Crippen LogP contribution in [0, 0.1) is 0 Å². The second-order valence-corrected chi connectivity index (χ2v) is 5.60. The summed E-state index contributed by atoms with van der Waals surface area (Å²) in [5, 5.41) is 3.00. The van der Waals surface area contributed by atoms with Gasteiger partial charge in [0, 0.05) is 12.1 Å². The van der Waals surface area contributed by atoms with Crippen molar-refractivity contribution in [3.63, 3.8) is 0 Å². The van der Waals surface area contributed by atoms with Crippen LogP contribution >= 0.6 is 12.4 Å². The van der Waals surface area contributed by atoms with Crippen molar-refractivity contribution in [1.29, 1.82) is 0 Å². The van der Waals surface area contributed by atoms with Gasteiger partial charge in [-0.15, -0.1) is 12.4 Å². The number of para-hydroxylation sites is 1. The first-order valence-corrected chi connectivity index (χ1v) is 7.89. The number of aryl methyl sites for hydroxylation is 1. The van der Waals surface area contributed by atoms with Crippen LogP contribution < -0.4 is 20.5 Å². The van der Waals surface area contributed by atoms with Crippen LogP contribution in [0.5, 0.6) is 11.5 Å². The van der Waals surface area contributed by atoms with Gasteiger partial charge in [-0.1, -0.05) is 24.3 Å². The third kappa shape index (κ3) is 5.57. The smallest absolute Gasteiger partial charge is 0.220 e. The van der Waals surface area contributed by atoms with E-state index in [9.17, 15) is 4.79 Å². The number of benzene rings is 2. The molecule has 0 aliphatic carbocycles. The van der Waals surface area contributed by atoms with E-state index in [4.69, 9.17) is 15.2 Å². The number of ether oxygens (including phenoxy) is 2. The van der Waals surface area contributed by atoms with Crippen LogP contribution in [0.1, 0.15) is 30.5 Å². The summed E-state index contributed by atoms with van der Waals surface area (Å²) in [7, 11) is 3.19. The van der Waals surface area contributed by atoms with Gasteiger partial charge in [0.1, 0.15) is 0 Å². The molecule has 25 heavy (non-hydrogen) atoms. The van der Waals surface area contributed by atoms with Gasteiger partial charge >= 0.3 is 0 Å². The Labute approximate surface area is 154 Å². The molecule has 0 aliphatic rings. The van der Waals surface area contributed by atoms with E-state index in [1.54, 1.807) is 14.2 Å². The Morgan fingerprint density at radius 3 is 2.44 bits per heavy atom. The van der Waals surface area contributed by atoms with E-state index < -0.39 is 0 Å². The van der Waals surface area contributed by atoms with Crippen molar-refractivity contribution < 1.29 is 14.3 Å². The largest absolute Gasteiger partial charge is 0.493 e. The van der Waals surface area contributed by atoms with Gasteiger partial charge in [0.05, 0.1) is 20.3 Å². The fourth-order valence-corrected chi connectivity index (χ4v) is 2.53. The van der Waals surface area contributed by atoms with Crippen molar-refractivity contribution in [3.05, 3.63) is 53.6 Å². The summed E-state index contributed by atoms with van der Waals surface area (Å²) >= 11 is 0. The normalized spacial score (nSPS) is 11.2. The lowest BCUT2D eigenvalue weighted by atomic mass is 10.1. The summed E-state index contributed by atoms with van der Waals surface area (Å²) in [5.74, 6) is 1.30. The van der Waals surface area contributed by atoms with E-state index in [1.165, 1.54) is 0 Å². The molecule has 1 atom stereocenters. The fraction of sp³-hybridized carbons (Fsp3) is 0.316. The third-order valence-corrected chi connectivity index (χ3v) is 3.96. The Kier molecular flexibility index (Phi) is 8.08. The third-order valence-electron chi connectivity index (χ3n) is 3.96. The van der Waals surface area contributed by atoms with E-state index in [0.29, 0.717) is 24.3 Å². The van der Waals surface area contributed by atoms with Gasteiger partial charge in [-0.25, -0.2) is 0 Å². The van der Waals surface area contributed by atoms with E-state index in [0.717, 1.165) is 16.8 Å². The average Bonchev–Trinajstić information content (AvgIpc) is 2.60. The zero-order chi connectivity index (χ0) is 17.5. The van der Waals surface area contributed by atoms with E-state index in [-0.39, 0.29) is 24.4 Å². The highest BCUT2D eigenvalue weighted by atomic mass is 35.5. The van der Waals surface area contributed by atoms with Crippen LogP contribution in [0.2, 0.25) is 0 Å².